The van der Waals surface area contributed by atoms with E-state index in [4.69, 9.17) is 0 Å². The van der Waals surface area contributed by atoms with Crippen molar-refractivity contribution >= 4 is 41.9 Å². The lowest BCUT2D eigenvalue weighted by atomic mass is 10.4. The molecule has 17 heavy (non-hydrogen) atoms. The molecule has 0 fully saturated rings. The van der Waals surface area contributed by atoms with Crippen molar-refractivity contribution in [2.45, 2.75) is 18.2 Å². The summed E-state index contributed by atoms with van der Waals surface area (Å²) in [5.74, 6) is 5.51. The van der Waals surface area contributed by atoms with Crippen molar-refractivity contribution in [1.82, 2.24) is 4.72 Å². The third kappa shape index (κ3) is 4.43. The Bertz CT molecular complexity index is 559. The fourth-order valence-corrected chi connectivity index (χ4v) is 3.92. The number of halogens is 2. The topological polar surface area (TPSA) is 46.2 Å². The molecule has 3 nitrogen and oxygen atoms in total. The molecule has 0 spiro atoms. The first kappa shape index (κ1) is 14.7. The molecule has 0 aromatic heterocycles. The fraction of sp³-hybridized carbons (Fsp3) is 0.273. The number of benzene rings is 1. The molecule has 0 saturated heterocycles. The second kappa shape index (κ2) is 6.55. The van der Waals surface area contributed by atoms with Gasteiger partial charge in [0.25, 0.3) is 0 Å². The van der Waals surface area contributed by atoms with Gasteiger partial charge in [0.2, 0.25) is 10.0 Å². The summed E-state index contributed by atoms with van der Waals surface area (Å²) in [4.78, 5) is 0.227. The van der Waals surface area contributed by atoms with Gasteiger partial charge in [-0.15, -0.1) is 11.8 Å². The Kier molecular flexibility index (Phi) is 5.67. The molecule has 6 heteroatoms. The maximum atomic E-state index is 11.9. The normalized spacial score (nSPS) is 10.8. The highest BCUT2D eigenvalue weighted by molar-refractivity contribution is 9.11. The number of hydrogen-bond donors (Lipinski definition) is 1. The zero-order chi connectivity index (χ0) is 12.9. The molecule has 0 amide bonds. The van der Waals surface area contributed by atoms with Gasteiger partial charge in [-0.05, 0) is 41.1 Å². The number of hydrogen-bond acceptors (Lipinski definition) is 2. The Morgan fingerprint density at radius 1 is 1.35 bits per heavy atom. The summed E-state index contributed by atoms with van der Waals surface area (Å²) in [6.07, 6.45) is 0.504. The minimum Gasteiger partial charge on any atom is -0.210 e. The van der Waals surface area contributed by atoms with Gasteiger partial charge in [-0.2, -0.15) is 0 Å². The van der Waals surface area contributed by atoms with Gasteiger partial charge in [0.1, 0.15) is 0 Å². The summed E-state index contributed by atoms with van der Waals surface area (Å²) >= 11 is 6.50. The van der Waals surface area contributed by atoms with Gasteiger partial charge in [0, 0.05) is 21.9 Å². The Hall–Kier alpha value is -0.350. The van der Waals surface area contributed by atoms with Crippen LogP contribution in [0.25, 0.3) is 0 Å². The average Bonchev–Trinajstić information content (AvgIpc) is 2.24. The van der Waals surface area contributed by atoms with E-state index >= 15 is 0 Å². The van der Waals surface area contributed by atoms with E-state index in [1.54, 1.807) is 25.1 Å². The Balaban J connectivity index is 2.85. The molecule has 1 rings (SSSR count). The second-order valence-corrected chi connectivity index (χ2v) is 6.65. The van der Waals surface area contributed by atoms with Crippen molar-refractivity contribution < 1.29 is 8.42 Å². The van der Waals surface area contributed by atoms with E-state index in [2.05, 4.69) is 48.4 Å². The molecule has 0 aliphatic heterocycles. The maximum absolute atomic E-state index is 11.9. The molecular formula is C11H11Br2NO2S. The summed E-state index contributed by atoms with van der Waals surface area (Å²) < 4.78 is 27.7. The number of sulfonamides is 1. The molecule has 0 radical (unpaired) electrons. The Labute approximate surface area is 118 Å². The van der Waals surface area contributed by atoms with E-state index in [9.17, 15) is 8.42 Å². The first-order chi connectivity index (χ1) is 7.97. The summed E-state index contributed by atoms with van der Waals surface area (Å²) in [5.41, 5.74) is 0. The summed E-state index contributed by atoms with van der Waals surface area (Å²) in [6, 6.07) is 4.92. The predicted octanol–water partition coefficient (Wildman–Crippen LogP) is 2.90. The Morgan fingerprint density at radius 3 is 2.65 bits per heavy atom. The van der Waals surface area contributed by atoms with Crippen LogP contribution in [0, 0.1) is 11.8 Å². The second-order valence-electron chi connectivity index (χ2n) is 3.15. The number of rotatable bonds is 4. The van der Waals surface area contributed by atoms with E-state index < -0.39 is 10.0 Å². The third-order valence-corrected chi connectivity index (χ3v) is 4.83. The van der Waals surface area contributed by atoms with Crippen LogP contribution in [0.3, 0.4) is 0 Å². The molecule has 1 aromatic carbocycles. The van der Waals surface area contributed by atoms with Crippen molar-refractivity contribution in [2.75, 3.05) is 6.54 Å². The highest BCUT2D eigenvalue weighted by atomic mass is 79.9. The van der Waals surface area contributed by atoms with E-state index in [1.165, 1.54) is 0 Å². The van der Waals surface area contributed by atoms with Crippen LogP contribution in [0.5, 0.6) is 0 Å². The molecule has 0 bridgehead atoms. The molecule has 92 valence electrons. The van der Waals surface area contributed by atoms with Crippen molar-refractivity contribution in [1.29, 1.82) is 0 Å². The van der Waals surface area contributed by atoms with Gasteiger partial charge in [0.15, 0.2) is 0 Å². The molecule has 0 aliphatic rings. The van der Waals surface area contributed by atoms with Crippen LogP contribution in [0.2, 0.25) is 0 Å². The predicted molar refractivity (Wildman–Crippen MR) is 75.1 cm³/mol. The lowest BCUT2D eigenvalue weighted by Crippen LogP contribution is -2.24. The standard InChI is InChI=1S/C11H11Br2NO2S/c1-2-3-4-7-14-17(15,16)11-6-5-9(12)8-10(11)13/h5-6,8,14H,4,7H2,1H3. The van der Waals surface area contributed by atoms with Crippen LogP contribution in [-0.2, 0) is 10.0 Å². The van der Waals surface area contributed by atoms with Crippen LogP contribution >= 0.6 is 31.9 Å². The van der Waals surface area contributed by atoms with E-state index in [-0.39, 0.29) is 4.90 Å². The van der Waals surface area contributed by atoms with Gasteiger partial charge < -0.3 is 0 Å². The summed E-state index contributed by atoms with van der Waals surface area (Å²) in [7, 11) is -3.47. The zero-order valence-corrected chi connectivity index (χ0v) is 13.1. The molecule has 0 saturated carbocycles. The van der Waals surface area contributed by atoms with Crippen LogP contribution in [0.4, 0.5) is 0 Å². The minimum absolute atomic E-state index is 0.227. The van der Waals surface area contributed by atoms with Gasteiger partial charge in [-0.25, -0.2) is 13.1 Å². The van der Waals surface area contributed by atoms with E-state index in [0.717, 1.165) is 4.47 Å². The lowest BCUT2D eigenvalue weighted by molar-refractivity contribution is 0.582. The fourth-order valence-electron chi connectivity index (χ4n) is 1.14. The average molecular weight is 381 g/mol. The molecule has 0 aliphatic carbocycles. The molecule has 1 aromatic rings. The van der Waals surface area contributed by atoms with Gasteiger partial charge in [-0.3, -0.25) is 0 Å². The van der Waals surface area contributed by atoms with Crippen molar-refractivity contribution in [2.24, 2.45) is 0 Å². The Morgan fingerprint density at radius 2 is 2.06 bits per heavy atom. The van der Waals surface area contributed by atoms with Gasteiger partial charge in [0.05, 0.1) is 4.90 Å². The minimum atomic E-state index is -3.47. The van der Waals surface area contributed by atoms with Crippen molar-refractivity contribution in [3.63, 3.8) is 0 Å². The SMILES string of the molecule is CC#CCCNS(=O)(=O)c1ccc(Br)cc1Br. The largest absolute Gasteiger partial charge is 0.241 e. The van der Waals surface area contributed by atoms with Crippen LogP contribution < -0.4 is 4.72 Å². The first-order valence-corrected chi connectivity index (χ1v) is 7.88. The maximum Gasteiger partial charge on any atom is 0.241 e. The summed E-state index contributed by atoms with van der Waals surface area (Å²) in [6.45, 7) is 2.03. The molecule has 0 atom stereocenters. The summed E-state index contributed by atoms with van der Waals surface area (Å²) in [5, 5.41) is 0. The lowest BCUT2D eigenvalue weighted by Gasteiger charge is -2.07. The molecule has 0 unspecified atom stereocenters. The van der Waals surface area contributed by atoms with Crippen molar-refractivity contribution in [3.05, 3.63) is 27.1 Å². The highest BCUT2D eigenvalue weighted by Crippen LogP contribution is 2.25. The molecule has 1 N–H and O–H groups in total. The monoisotopic (exact) mass is 379 g/mol. The van der Waals surface area contributed by atoms with Crippen LogP contribution in [0.15, 0.2) is 32.0 Å². The first-order valence-electron chi connectivity index (χ1n) is 4.81. The molecular weight excluding hydrogens is 370 g/mol. The quantitative estimate of drug-likeness (QED) is 0.644. The van der Waals surface area contributed by atoms with E-state index in [0.29, 0.717) is 17.4 Å². The smallest absolute Gasteiger partial charge is 0.210 e. The van der Waals surface area contributed by atoms with E-state index in [1.807, 2.05) is 0 Å². The third-order valence-electron chi connectivity index (χ3n) is 1.90. The van der Waals surface area contributed by atoms with Crippen LogP contribution in [0.1, 0.15) is 13.3 Å². The van der Waals surface area contributed by atoms with Gasteiger partial charge in [-0.1, -0.05) is 15.9 Å². The number of nitrogens with one attached hydrogen (secondary N) is 1. The van der Waals surface area contributed by atoms with Crippen LogP contribution in [-0.4, -0.2) is 15.0 Å². The van der Waals surface area contributed by atoms with Gasteiger partial charge >= 0.3 is 0 Å². The molecule has 0 heterocycles. The van der Waals surface area contributed by atoms with Crippen molar-refractivity contribution in [3.8, 4) is 11.8 Å². The highest BCUT2D eigenvalue weighted by Gasteiger charge is 2.16. The zero-order valence-electron chi connectivity index (χ0n) is 9.13.